The number of aromatic nitrogens is 2. The maximum Gasteiger partial charge on any atom is 0.221 e. The molecule has 1 aromatic heterocycles. The number of hydrogen-bond donors (Lipinski definition) is 2. The van der Waals surface area contributed by atoms with Crippen LogP contribution >= 0.6 is 0 Å². The second-order valence-electron chi connectivity index (χ2n) is 5.53. The molecule has 2 heterocycles. The minimum atomic E-state index is -0.331. The first kappa shape index (κ1) is 14.7. The zero-order chi connectivity index (χ0) is 15.4. The van der Waals surface area contributed by atoms with E-state index in [1.54, 1.807) is 29.4 Å². The number of halogens is 1. The molecule has 3 rings (SSSR count). The third-order valence-corrected chi connectivity index (χ3v) is 3.88. The van der Waals surface area contributed by atoms with Crippen LogP contribution in [-0.4, -0.2) is 28.0 Å². The van der Waals surface area contributed by atoms with Crippen molar-refractivity contribution in [2.24, 2.45) is 0 Å². The lowest BCUT2D eigenvalue weighted by molar-refractivity contribution is -0.121. The molecule has 1 aromatic carbocycles. The molecule has 116 valence electrons. The van der Waals surface area contributed by atoms with Gasteiger partial charge in [-0.1, -0.05) is 6.07 Å². The third-order valence-electron chi connectivity index (χ3n) is 3.88. The molecular formula is C16H19FN4O. The van der Waals surface area contributed by atoms with Crippen molar-refractivity contribution >= 4 is 5.91 Å². The first-order chi connectivity index (χ1) is 10.7. The fourth-order valence-electron chi connectivity index (χ4n) is 2.70. The van der Waals surface area contributed by atoms with Crippen LogP contribution in [0.5, 0.6) is 0 Å². The summed E-state index contributed by atoms with van der Waals surface area (Å²) in [7, 11) is 0. The summed E-state index contributed by atoms with van der Waals surface area (Å²) in [6.07, 6.45) is 7.49. The van der Waals surface area contributed by atoms with E-state index in [1.807, 2.05) is 6.07 Å². The van der Waals surface area contributed by atoms with Crippen LogP contribution in [0.3, 0.4) is 0 Å². The molecule has 22 heavy (non-hydrogen) atoms. The first-order valence-corrected chi connectivity index (χ1v) is 7.49. The van der Waals surface area contributed by atoms with E-state index in [0.717, 1.165) is 24.9 Å². The summed E-state index contributed by atoms with van der Waals surface area (Å²) in [6.45, 7) is 1.32. The molecule has 0 bridgehead atoms. The van der Waals surface area contributed by atoms with Gasteiger partial charge in [0.25, 0.3) is 0 Å². The average molecular weight is 302 g/mol. The monoisotopic (exact) mass is 302 g/mol. The third kappa shape index (κ3) is 3.51. The Hall–Kier alpha value is -2.21. The molecule has 2 N–H and O–H groups in total. The van der Waals surface area contributed by atoms with Crippen molar-refractivity contribution in [3.63, 3.8) is 0 Å². The van der Waals surface area contributed by atoms with E-state index in [1.165, 1.54) is 6.07 Å². The van der Waals surface area contributed by atoms with E-state index in [2.05, 4.69) is 15.6 Å². The molecule has 1 atom stereocenters. The lowest BCUT2D eigenvalue weighted by atomic mass is 10.1. The summed E-state index contributed by atoms with van der Waals surface area (Å²) in [6, 6.07) is 5.23. The zero-order valence-electron chi connectivity index (χ0n) is 12.3. The van der Waals surface area contributed by atoms with Crippen LogP contribution in [0, 0.1) is 5.82 Å². The minimum absolute atomic E-state index is 0.00139. The van der Waals surface area contributed by atoms with Crippen molar-refractivity contribution in [1.82, 2.24) is 20.2 Å². The Morgan fingerprint density at radius 1 is 1.50 bits per heavy atom. The van der Waals surface area contributed by atoms with Crippen LogP contribution in [0.15, 0.2) is 36.9 Å². The SMILES string of the molecule is O=C(CC1CCCN1)NCc1ccc(-n2ccnc2)c(F)c1. The Balaban J connectivity index is 1.56. The average Bonchev–Trinajstić information content (AvgIpc) is 3.18. The van der Waals surface area contributed by atoms with Crippen molar-refractivity contribution in [2.45, 2.75) is 31.8 Å². The van der Waals surface area contributed by atoms with Gasteiger partial charge in [-0.15, -0.1) is 0 Å². The Morgan fingerprint density at radius 3 is 3.09 bits per heavy atom. The van der Waals surface area contributed by atoms with Crippen LogP contribution in [0.1, 0.15) is 24.8 Å². The molecule has 6 heteroatoms. The predicted octanol–water partition coefficient (Wildman–Crippen LogP) is 1.77. The molecule has 5 nitrogen and oxygen atoms in total. The Bertz CT molecular complexity index is 636. The van der Waals surface area contributed by atoms with Gasteiger partial charge >= 0.3 is 0 Å². The number of rotatable bonds is 5. The highest BCUT2D eigenvalue weighted by molar-refractivity contribution is 5.76. The second kappa shape index (κ2) is 6.70. The molecule has 1 fully saturated rings. The van der Waals surface area contributed by atoms with Gasteiger partial charge in [0.2, 0.25) is 5.91 Å². The number of amides is 1. The lowest BCUT2D eigenvalue weighted by Gasteiger charge is -2.11. The highest BCUT2D eigenvalue weighted by atomic mass is 19.1. The van der Waals surface area contributed by atoms with Gasteiger partial charge in [-0.3, -0.25) is 4.79 Å². The maximum atomic E-state index is 14.1. The van der Waals surface area contributed by atoms with Crippen LogP contribution in [0.25, 0.3) is 5.69 Å². The lowest BCUT2D eigenvalue weighted by Crippen LogP contribution is -2.31. The zero-order valence-corrected chi connectivity index (χ0v) is 12.3. The molecule has 2 aromatic rings. The topological polar surface area (TPSA) is 59.0 Å². The number of imidazole rings is 1. The van der Waals surface area contributed by atoms with Gasteiger partial charge in [0.05, 0.1) is 12.0 Å². The highest BCUT2D eigenvalue weighted by Gasteiger charge is 2.17. The molecule has 1 aliphatic rings. The molecule has 1 saturated heterocycles. The predicted molar refractivity (Wildman–Crippen MR) is 81.0 cm³/mol. The van der Waals surface area contributed by atoms with Gasteiger partial charge < -0.3 is 15.2 Å². The van der Waals surface area contributed by atoms with Crippen LogP contribution in [-0.2, 0) is 11.3 Å². The summed E-state index contributed by atoms with van der Waals surface area (Å²) in [5.74, 6) is -0.333. The van der Waals surface area contributed by atoms with Crippen LogP contribution < -0.4 is 10.6 Å². The molecular weight excluding hydrogens is 283 g/mol. The van der Waals surface area contributed by atoms with Gasteiger partial charge in [0, 0.05) is 31.4 Å². The summed E-state index contributed by atoms with van der Waals surface area (Å²) >= 11 is 0. The standard InChI is InChI=1S/C16H19FN4O/c17-14-8-12(3-4-15(14)21-7-6-18-11-21)10-20-16(22)9-13-2-1-5-19-13/h3-4,6-8,11,13,19H,1-2,5,9-10H2,(H,20,22). The van der Waals surface area contributed by atoms with Crippen molar-refractivity contribution in [2.75, 3.05) is 6.54 Å². The Labute approximate surface area is 128 Å². The molecule has 0 radical (unpaired) electrons. The van der Waals surface area contributed by atoms with Crippen LogP contribution in [0.2, 0.25) is 0 Å². The van der Waals surface area contributed by atoms with Gasteiger partial charge in [-0.05, 0) is 37.1 Å². The van der Waals surface area contributed by atoms with E-state index in [4.69, 9.17) is 0 Å². The van der Waals surface area contributed by atoms with E-state index < -0.39 is 0 Å². The summed E-state index contributed by atoms with van der Waals surface area (Å²) in [5.41, 5.74) is 1.19. The van der Waals surface area contributed by atoms with E-state index >= 15 is 0 Å². The van der Waals surface area contributed by atoms with Gasteiger partial charge in [0.15, 0.2) is 0 Å². The van der Waals surface area contributed by atoms with Crippen molar-refractivity contribution < 1.29 is 9.18 Å². The summed E-state index contributed by atoms with van der Waals surface area (Å²) < 4.78 is 15.7. The van der Waals surface area contributed by atoms with Crippen LogP contribution in [0.4, 0.5) is 4.39 Å². The van der Waals surface area contributed by atoms with E-state index in [0.29, 0.717) is 18.7 Å². The Morgan fingerprint density at radius 2 is 2.41 bits per heavy atom. The molecule has 1 unspecified atom stereocenters. The number of carbonyl (C=O) groups excluding carboxylic acids is 1. The second-order valence-corrected chi connectivity index (χ2v) is 5.53. The van der Waals surface area contributed by atoms with E-state index in [9.17, 15) is 9.18 Å². The summed E-state index contributed by atoms with van der Waals surface area (Å²) in [5, 5.41) is 6.13. The maximum absolute atomic E-state index is 14.1. The molecule has 1 amide bonds. The van der Waals surface area contributed by atoms with Gasteiger partial charge in [0.1, 0.15) is 5.82 Å². The fraction of sp³-hybridized carbons (Fsp3) is 0.375. The molecule has 0 saturated carbocycles. The van der Waals surface area contributed by atoms with Crippen molar-refractivity contribution in [3.8, 4) is 5.69 Å². The van der Waals surface area contributed by atoms with E-state index in [-0.39, 0.29) is 17.8 Å². The smallest absolute Gasteiger partial charge is 0.221 e. The quantitative estimate of drug-likeness (QED) is 0.885. The molecule has 0 aliphatic carbocycles. The minimum Gasteiger partial charge on any atom is -0.352 e. The fourth-order valence-corrected chi connectivity index (χ4v) is 2.70. The number of hydrogen-bond acceptors (Lipinski definition) is 3. The molecule has 0 spiro atoms. The number of nitrogens with one attached hydrogen (secondary N) is 2. The Kier molecular flexibility index (Phi) is 4.48. The van der Waals surface area contributed by atoms with Crippen molar-refractivity contribution in [3.05, 3.63) is 48.3 Å². The number of carbonyl (C=O) groups is 1. The number of benzene rings is 1. The van der Waals surface area contributed by atoms with Gasteiger partial charge in [-0.2, -0.15) is 0 Å². The normalized spacial score (nSPS) is 17.6. The summed E-state index contributed by atoms with van der Waals surface area (Å²) in [4.78, 5) is 15.8. The largest absolute Gasteiger partial charge is 0.352 e. The number of nitrogens with zero attached hydrogens (tertiary/aromatic N) is 2. The van der Waals surface area contributed by atoms with Crippen molar-refractivity contribution in [1.29, 1.82) is 0 Å². The molecule has 1 aliphatic heterocycles. The first-order valence-electron chi connectivity index (χ1n) is 7.49. The van der Waals surface area contributed by atoms with Gasteiger partial charge in [-0.25, -0.2) is 9.37 Å². The highest BCUT2D eigenvalue weighted by Crippen LogP contribution is 2.15.